The van der Waals surface area contributed by atoms with E-state index in [-0.39, 0.29) is 23.9 Å². The van der Waals surface area contributed by atoms with Crippen LogP contribution in [0.15, 0.2) is 28.7 Å². The van der Waals surface area contributed by atoms with E-state index in [1.807, 2.05) is 6.92 Å². The minimum atomic E-state index is -0.322. The number of aromatic nitrogens is 2. The maximum absolute atomic E-state index is 6.17. The van der Waals surface area contributed by atoms with E-state index in [0.717, 1.165) is 31.6 Å². The fourth-order valence-electron chi connectivity index (χ4n) is 4.04. The monoisotopic (exact) mass is 412 g/mol. The molecule has 0 radical (unpaired) electrons. The molecule has 30 heavy (non-hydrogen) atoms. The van der Waals surface area contributed by atoms with Crippen molar-refractivity contribution >= 4 is 18.6 Å². The molecule has 1 aromatic heterocycles. The highest BCUT2D eigenvalue weighted by Gasteiger charge is 2.51. The molecule has 0 bridgehead atoms. The maximum atomic E-state index is 6.17. The Morgan fingerprint density at radius 1 is 0.933 bits per heavy atom. The number of benzene rings is 1. The number of nitrogens with zero attached hydrogens (tertiary/aromatic N) is 4. The number of anilines is 1. The summed E-state index contributed by atoms with van der Waals surface area (Å²) in [4.78, 5) is 4.69. The van der Waals surface area contributed by atoms with E-state index in [2.05, 4.69) is 85.8 Å². The first-order valence-electron chi connectivity index (χ1n) is 10.7. The van der Waals surface area contributed by atoms with Gasteiger partial charge in [0.1, 0.15) is 0 Å². The highest BCUT2D eigenvalue weighted by Crippen LogP contribution is 2.36. The van der Waals surface area contributed by atoms with Crippen LogP contribution >= 0.6 is 0 Å². The van der Waals surface area contributed by atoms with Gasteiger partial charge in [0.25, 0.3) is 0 Å². The molecule has 0 atom stereocenters. The first-order chi connectivity index (χ1) is 14.0. The van der Waals surface area contributed by atoms with Crippen LogP contribution in [0, 0.1) is 6.92 Å². The summed E-state index contributed by atoms with van der Waals surface area (Å²) < 4.78 is 18.0. The van der Waals surface area contributed by atoms with Crippen LogP contribution in [0.5, 0.6) is 0 Å². The molecule has 7 nitrogen and oxygen atoms in total. The van der Waals surface area contributed by atoms with E-state index in [4.69, 9.17) is 13.7 Å². The zero-order valence-electron chi connectivity index (χ0n) is 19.2. The standard InChI is InChI=1S/C22H33BN4O3/c1-16-24-25-19(28-16)26-12-13-27(20(2,3)15-26)14-17-8-10-18(11-9-17)23-29-21(4,5)22(6,7)30-23/h8-11H,12-15H2,1-7H3. The highest BCUT2D eigenvalue weighted by atomic mass is 16.7. The Labute approximate surface area is 179 Å². The van der Waals surface area contributed by atoms with Crippen molar-refractivity contribution in [2.24, 2.45) is 0 Å². The lowest BCUT2D eigenvalue weighted by molar-refractivity contribution is 0.00578. The quantitative estimate of drug-likeness (QED) is 0.716. The molecule has 1 aromatic carbocycles. The summed E-state index contributed by atoms with van der Waals surface area (Å²) >= 11 is 0. The fraction of sp³-hybridized carbons (Fsp3) is 0.636. The molecule has 8 heteroatoms. The van der Waals surface area contributed by atoms with E-state index in [9.17, 15) is 0 Å². The zero-order valence-corrected chi connectivity index (χ0v) is 19.2. The third kappa shape index (κ3) is 4.00. The molecule has 0 amide bonds. The zero-order chi connectivity index (χ0) is 21.7. The lowest BCUT2D eigenvalue weighted by Crippen LogP contribution is -2.59. The van der Waals surface area contributed by atoms with Crippen LogP contribution in [0.25, 0.3) is 0 Å². The molecule has 162 valence electrons. The molecule has 3 heterocycles. The van der Waals surface area contributed by atoms with Crippen molar-refractivity contribution in [1.82, 2.24) is 15.1 Å². The van der Waals surface area contributed by atoms with Gasteiger partial charge in [0.05, 0.1) is 11.2 Å². The molecule has 4 rings (SSSR count). The van der Waals surface area contributed by atoms with Crippen molar-refractivity contribution in [1.29, 1.82) is 0 Å². The summed E-state index contributed by atoms with van der Waals surface area (Å²) in [6.45, 7) is 18.2. The maximum Gasteiger partial charge on any atom is 0.494 e. The van der Waals surface area contributed by atoms with Crippen LogP contribution in [-0.2, 0) is 15.9 Å². The van der Waals surface area contributed by atoms with Crippen LogP contribution in [0.3, 0.4) is 0 Å². The summed E-state index contributed by atoms with van der Waals surface area (Å²) in [6.07, 6.45) is 0. The fourth-order valence-corrected chi connectivity index (χ4v) is 4.04. The molecule has 0 saturated carbocycles. The molecule has 0 unspecified atom stereocenters. The smallest absolute Gasteiger partial charge is 0.408 e. The molecule has 2 saturated heterocycles. The van der Waals surface area contributed by atoms with E-state index in [0.29, 0.717) is 11.9 Å². The second kappa shape index (κ2) is 7.36. The van der Waals surface area contributed by atoms with Crippen molar-refractivity contribution in [2.75, 3.05) is 24.5 Å². The van der Waals surface area contributed by atoms with Gasteiger partial charge in [-0.25, -0.2) is 0 Å². The number of hydrogen-bond donors (Lipinski definition) is 0. The van der Waals surface area contributed by atoms with Crippen LogP contribution in [0.4, 0.5) is 6.01 Å². The lowest BCUT2D eigenvalue weighted by atomic mass is 9.79. The van der Waals surface area contributed by atoms with Gasteiger partial charge in [-0.05, 0) is 52.6 Å². The molecular weight excluding hydrogens is 379 g/mol. The average molecular weight is 412 g/mol. The summed E-state index contributed by atoms with van der Waals surface area (Å²) in [6, 6.07) is 9.24. The van der Waals surface area contributed by atoms with Crippen LogP contribution in [0.2, 0.25) is 0 Å². The van der Waals surface area contributed by atoms with Crippen LogP contribution in [-0.4, -0.2) is 58.6 Å². The molecule has 2 aliphatic rings. The van der Waals surface area contributed by atoms with Gasteiger partial charge in [-0.1, -0.05) is 29.4 Å². The Balaban J connectivity index is 1.40. The van der Waals surface area contributed by atoms with E-state index < -0.39 is 0 Å². The Kier molecular flexibility index (Phi) is 5.23. The normalized spacial score (nSPS) is 23.2. The van der Waals surface area contributed by atoms with E-state index in [1.54, 1.807) is 0 Å². The number of rotatable bonds is 4. The van der Waals surface area contributed by atoms with Crippen molar-refractivity contribution in [2.45, 2.75) is 71.8 Å². The summed E-state index contributed by atoms with van der Waals surface area (Å²) in [5.41, 5.74) is 1.69. The van der Waals surface area contributed by atoms with Crippen LogP contribution in [0.1, 0.15) is 53.0 Å². The van der Waals surface area contributed by atoms with Crippen molar-refractivity contribution in [3.8, 4) is 0 Å². The largest absolute Gasteiger partial charge is 0.494 e. The predicted molar refractivity (Wildman–Crippen MR) is 118 cm³/mol. The van der Waals surface area contributed by atoms with Gasteiger partial charge in [-0.15, -0.1) is 5.10 Å². The van der Waals surface area contributed by atoms with Gasteiger partial charge in [0, 0.05) is 38.6 Å². The number of hydrogen-bond acceptors (Lipinski definition) is 7. The number of piperazine rings is 1. The molecular formula is C22H33BN4O3. The second-order valence-corrected chi connectivity index (χ2v) is 10.1. The summed E-state index contributed by atoms with van der Waals surface area (Å²) in [7, 11) is -0.318. The summed E-state index contributed by atoms with van der Waals surface area (Å²) in [5, 5.41) is 8.14. The van der Waals surface area contributed by atoms with Crippen LogP contribution < -0.4 is 10.4 Å². The first-order valence-corrected chi connectivity index (χ1v) is 10.7. The van der Waals surface area contributed by atoms with Gasteiger partial charge >= 0.3 is 13.1 Å². The molecule has 0 spiro atoms. The molecule has 2 fully saturated rings. The molecule has 0 N–H and O–H groups in total. The van der Waals surface area contributed by atoms with E-state index in [1.165, 1.54) is 5.56 Å². The van der Waals surface area contributed by atoms with Crippen molar-refractivity contribution in [3.05, 3.63) is 35.7 Å². The lowest BCUT2D eigenvalue weighted by Gasteiger charge is -2.46. The van der Waals surface area contributed by atoms with Gasteiger partial charge in [-0.3, -0.25) is 4.90 Å². The van der Waals surface area contributed by atoms with Gasteiger partial charge in [0.2, 0.25) is 5.89 Å². The van der Waals surface area contributed by atoms with Gasteiger partial charge in [0.15, 0.2) is 0 Å². The second-order valence-electron chi connectivity index (χ2n) is 10.1. The number of aryl methyl sites for hydroxylation is 1. The topological polar surface area (TPSA) is 63.9 Å². The predicted octanol–water partition coefficient (Wildman–Crippen LogP) is 2.78. The molecule has 0 aliphatic carbocycles. The SMILES string of the molecule is Cc1nnc(N2CCN(Cc3ccc(B4OC(C)(C)C(C)(C)O4)cc3)C(C)(C)C2)o1. The van der Waals surface area contributed by atoms with Gasteiger partial charge < -0.3 is 18.6 Å². The average Bonchev–Trinajstić information content (AvgIpc) is 3.17. The minimum Gasteiger partial charge on any atom is -0.408 e. The Hall–Kier alpha value is -1.90. The van der Waals surface area contributed by atoms with E-state index >= 15 is 0 Å². The Morgan fingerprint density at radius 2 is 1.57 bits per heavy atom. The Morgan fingerprint density at radius 3 is 2.10 bits per heavy atom. The Bertz CT molecular complexity index is 878. The van der Waals surface area contributed by atoms with Crippen molar-refractivity contribution < 1.29 is 13.7 Å². The third-order valence-corrected chi connectivity index (χ3v) is 6.74. The first kappa shape index (κ1) is 21.3. The highest BCUT2D eigenvalue weighted by molar-refractivity contribution is 6.62. The molecule has 2 aromatic rings. The third-order valence-electron chi connectivity index (χ3n) is 6.74. The molecule has 2 aliphatic heterocycles. The minimum absolute atomic E-state index is 0.00891. The summed E-state index contributed by atoms with van der Waals surface area (Å²) in [5.74, 6) is 0.604. The van der Waals surface area contributed by atoms with Crippen molar-refractivity contribution in [3.63, 3.8) is 0 Å². The van der Waals surface area contributed by atoms with Gasteiger partial charge in [-0.2, -0.15) is 0 Å².